The van der Waals surface area contributed by atoms with E-state index in [-0.39, 0.29) is 0 Å². The van der Waals surface area contributed by atoms with Gasteiger partial charge in [0.25, 0.3) is 0 Å². The Morgan fingerprint density at radius 1 is 1.31 bits per heavy atom. The van der Waals surface area contributed by atoms with E-state index in [2.05, 4.69) is 6.92 Å². The normalized spacial score (nSPS) is 31.2. The van der Waals surface area contributed by atoms with Crippen molar-refractivity contribution in [3.63, 3.8) is 0 Å². The zero-order valence-electron chi connectivity index (χ0n) is 9.40. The van der Waals surface area contributed by atoms with Gasteiger partial charge in [-0.1, -0.05) is 19.4 Å². The average molecular weight is 220 g/mol. The van der Waals surface area contributed by atoms with Gasteiger partial charge in [0.15, 0.2) is 11.5 Å². The van der Waals surface area contributed by atoms with E-state index < -0.39 is 5.60 Å². The molecule has 0 radical (unpaired) electrons. The summed E-state index contributed by atoms with van der Waals surface area (Å²) < 4.78 is 11.0. The zero-order valence-corrected chi connectivity index (χ0v) is 9.40. The van der Waals surface area contributed by atoms with Gasteiger partial charge in [-0.25, -0.2) is 0 Å². The molecule has 1 aliphatic heterocycles. The van der Waals surface area contributed by atoms with Crippen molar-refractivity contribution in [1.82, 2.24) is 0 Å². The van der Waals surface area contributed by atoms with Crippen LogP contribution in [0.1, 0.15) is 25.3 Å². The minimum absolute atomic E-state index is 0.398. The predicted molar refractivity (Wildman–Crippen MR) is 59.7 cm³/mol. The van der Waals surface area contributed by atoms with Gasteiger partial charge in [-0.3, -0.25) is 0 Å². The Bertz CT molecular complexity index is 416. The van der Waals surface area contributed by atoms with E-state index in [1.807, 2.05) is 18.2 Å². The molecule has 1 aliphatic carbocycles. The molecule has 1 aromatic carbocycles. The van der Waals surface area contributed by atoms with E-state index in [0.717, 1.165) is 29.9 Å². The lowest BCUT2D eigenvalue weighted by Crippen LogP contribution is -2.16. The molecule has 3 heteroatoms. The molecular weight excluding hydrogens is 204 g/mol. The molecule has 1 heterocycles. The highest BCUT2D eigenvalue weighted by molar-refractivity contribution is 5.47. The van der Waals surface area contributed by atoms with Crippen LogP contribution < -0.4 is 9.47 Å². The van der Waals surface area contributed by atoms with Crippen molar-refractivity contribution in [1.29, 1.82) is 0 Å². The van der Waals surface area contributed by atoms with Crippen LogP contribution in [-0.4, -0.2) is 18.3 Å². The van der Waals surface area contributed by atoms with Crippen molar-refractivity contribution in [3.05, 3.63) is 23.8 Å². The van der Waals surface area contributed by atoms with Gasteiger partial charge in [0.1, 0.15) is 13.2 Å². The third-order valence-corrected chi connectivity index (χ3v) is 3.61. The lowest BCUT2D eigenvalue weighted by Gasteiger charge is -2.20. The van der Waals surface area contributed by atoms with Crippen molar-refractivity contribution in [3.8, 4) is 11.5 Å². The third kappa shape index (κ3) is 1.39. The van der Waals surface area contributed by atoms with Gasteiger partial charge in [-0.15, -0.1) is 0 Å². The monoisotopic (exact) mass is 220 g/mol. The smallest absolute Gasteiger partial charge is 0.161 e. The van der Waals surface area contributed by atoms with Crippen LogP contribution in [0.5, 0.6) is 11.5 Å². The molecule has 0 amide bonds. The summed E-state index contributed by atoms with van der Waals surface area (Å²) in [5.74, 6) is 1.95. The number of aliphatic hydroxyl groups is 1. The summed E-state index contributed by atoms with van der Waals surface area (Å²) in [4.78, 5) is 0. The first kappa shape index (κ1) is 9.97. The van der Waals surface area contributed by atoms with Crippen LogP contribution >= 0.6 is 0 Å². The summed E-state index contributed by atoms with van der Waals surface area (Å²) in [6, 6.07) is 5.76. The molecule has 0 spiro atoms. The van der Waals surface area contributed by atoms with Gasteiger partial charge in [0.2, 0.25) is 0 Å². The Hall–Kier alpha value is -1.22. The maximum Gasteiger partial charge on any atom is 0.161 e. The predicted octanol–water partition coefficient (Wildman–Crippen LogP) is 2.08. The van der Waals surface area contributed by atoms with Crippen LogP contribution in [-0.2, 0) is 5.60 Å². The van der Waals surface area contributed by atoms with Gasteiger partial charge >= 0.3 is 0 Å². The molecule has 0 saturated heterocycles. The maximum absolute atomic E-state index is 10.4. The summed E-state index contributed by atoms with van der Waals surface area (Å²) in [6.45, 7) is 3.31. The van der Waals surface area contributed by atoms with Crippen LogP contribution in [0.3, 0.4) is 0 Å². The molecule has 1 saturated carbocycles. The first-order chi connectivity index (χ1) is 7.74. The SMILES string of the molecule is CCC1CC1(O)c1ccc2c(c1)OCCO2. The van der Waals surface area contributed by atoms with E-state index in [1.54, 1.807) is 0 Å². The van der Waals surface area contributed by atoms with E-state index in [4.69, 9.17) is 9.47 Å². The Kier molecular flexibility index (Phi) is 2.11. The molecule has 1 aromatic rings. The molecule has 86 valence electrons. The molecular formula is C13H16O3. The maximum atomic E-state index is 10.4. The largest absolute Gasteiger partial charge is 0.486 e. The zero-order chi connectivity index (χ0) is 11.2. The van der Waals surface area contributed by atoms with Gasteiger partial charge in [0, 0.05) is 0 Å². The minimum Gasteiger partial charge on any atom is -0.486 e. The summed E-state index contributed by atoms with van der Waals surface area (Å²) in [5.41, 5.74) is 0.341. The highest BCUT2D eigenvalue weighted by atomic mass is 16.6. The second kappa shape index (κ2) is 3.39. The number of rotatable bonds is 2. The highest BCUT2D eigenvalue weighted by Gasteiger charge is 2.53. The first-order valence-corrected chi connectivity index (χ1v) is 5.86. The fraction of sp³-hybridized carbons (Fsp3) is 0.538. The molecule has 1 N–H and O–H groups in total. The summed E-state index contributed by atoms with van der Waals surface area (Å²) in [6.07, 6.45) is 1.88. The average Bonchev–Trinajstić information content (AvgIpc) is 3.01. The molecule has 16 heavy (non-hydrogen) atoms. The van der Waals surface area contributed by atoms with Crippen LogP contribution in [0.25, 0.3) is 0 Å². The number of ether oxygens (including phenoxy) is 2. The Balaban J connectivity index is 1.92. The molecule has 3 rings (SSSR count). The first-order valence-electron chi connectivity index (χ1n) is 5.86. The van der Waals surface area contributed by atoms with Crippen LogP contribution in [0, 0.1) is 5.92 Å². The summed E-state index contributed by atoms with van der Waals surface area (Å²) in [5, 5.41) is 10.4. The van der Waals surface area contributed by atoms with Crippen molar-refractivity contribution in [2.75, 3.05) is 13.2 Å². The lowest BCUT2D eigenvalue weighted by molar-refractivity contribution is 0.128. The fourth-order valence-electron chi connectivity index (χ4n) is 2.46. The molecule has 0 aromatic heterocycles. The molecule has 0 bridgehead atoms. The van der Waals surface area contributed by atoms with Crippen LogP contribution in [0.15, 0.2) is 18.2 Å². The molecule has 2 atom stereocenters. The van der Waals surface area contributed by atoms with E-state index in [1.165, 1.54) is 0 Å². The molecule has 1 fully saturated rings. The summed E-state index contributed by atoms with van der Waals surface area (Å²) in [7, 11) is 0. The summed E-state index contributed by atoms with van der Waals surface area (Å²) >= 11 is 0. The Morgan fingerprint density at radius 3 is 2.75 bits per heavy atom. The lowest BCUT2D eigenvalue weighted by atomic mass is 10.0. The number of hydrogen-bond acceptors (Lipinski definition) is 3. The van der Waals surface area contributed by atoms with Gasteiger partial charge in [-0.2, -0.15) is 0 Å². The Labute approximate surface area is 95.0 Å². The van der Waals surface area contributed by atoms with Gasteiger partial charge in [0.05, 0.1) is 5.60 Å². The quantitative estimate of drug-likeness (QED) is 0.829. The third-order valence-electron chi connectivity index (χ3n) is 3.61. The molecule has 2 unspecified atom stereocenters. The topological polar surface area (TPSA) is 38.7 Å². The highest BCUT2D eigenvalue weighted by Crippen LogP contribution is 2.54. The number of benzene rings is 1. The van der Waals surface area contributed by atoms with Gasteiger partial charge in [-0.05, 0) is 30.0 Å². The number of hydrogen-bond donors (Lipinski definition) is 1. The molecule has 2 aliphatic rings. The minimum atomic E-state index is -0.620. The van der Waals surface area contributed by atoms with Crippen LogP contribution in [0.4, 0.5) is 0 Å². The molecule has 3 nitrogen and oxygen atoms in total. The van der Waals surface area contributed by atoms with Crippen molar-refractivity contribution >= 4 is 0 Å². The second-order valence-electron chi connectivity index (χ2n) is 4.59. The van der Waals surface area contributed by atoms with E-state index in [9.17, 15) is 5.11 Å². The Morgan fingerprint density at radius 2 is 2.06 bits per heavy atom. The van der Waals surface area contributed by atoms with Crippen molar-refractivity contribution < 1.29 is 14.6 Å². The van der Waals surface area contributed by atoms with Gasteiger partial charge < -0.3 is 14.6 Å². The number of fused-ring (bicyclic) bond motifs is 1. The fourth-order valence-corrected chi connectivity index (χ4v) is 2.46. The van der Waals surface area contributed by atoms with E-state index >= 15 is 0 Å². The van der Waals surface area contributed by atoms with Crippen LogP contribution in [0.2, 0.25) is 0 Å². The second-order valence-corrected chi connectivity index (χ2v) is 4.59. The van der Waals surface area contributed by atoms with Crippen molar-refractivity contribution in [2.24, 2.45) is 5.92 Å². The standard InChI is InChI=1S/C13H16O3/c1-2-9-8-13(9,14)10-3-4-11-12(7-10)16-6-5-15-11/h3-4,7,9,14H,2,5-6,8H2,1H3. The van der Waals surface area contributed by atoms with E-state index in [0.29, 0.717) is 19.1 Å². The van der Waals surface area contributed by atoms with Crippen molar-refractivity contribution in [2.45, 2.75) is 25.4 Å².